The van der Waals surface area contributed by atoms with E-state index in [1.807, 2.05) is 6.92 Å². The molecule has 0 amide bonds. The first-order valence-corrected chi connectivity index (χ1v) is 5.92. The fourth-order valence-corrected chi connectivity index (χ4v) is 2.82. The van der Waals surface area contributed by atoms with Gasteiger partial charge in [0.1, 0.15) is 0 Å². The van der Waals surface area contributed by atoms with Crippen LogP contribution in [0.4, 0.5) is 0 Å². The molecule has 16 heavy (non-hydrogen) atoms. The first-order chi connectivity index (χ1) is 7.61. The highest BCUT2D eigenvalue weighted by atomic mass is 16.4. The van der Waals surface area contributed by atoms with Crippen molar-refractivity contribution in [2.24, 2.45) is 5.92 Å². The van der Waals surface area contributed by atoms with Gasteiger partial charge in [0.25, 0.3) is 0 Å². The molecule has 0 spiro atoms. The number of hydrogen-bond acceptors (Lipinski definition) is 1. The summed E-state index contributed by atoms with van der Waals surface area (Å²) in [4.78, 5) is 11.1. The van der Waals surface area contributed by atoms with Crippen molar-refractivity contribution in [3.8, 4) is 0 Å². The molecule has 0 saturated carbocycles. The molecule has 1 aromatic rings. The van der Waals surface area contributed by atoms with Gasteiger partial charge in [-0.3, -0.25) is 4.79 Å². The summed E-state index contributed by atoms with van der Waals surface area (Å²) in [5.41, 5.74) is 3.89. The minimum Gasteiger partial charge on any atom is -0.481 e. The largest absolute Gasteiger partial charge is 0.481 e. The van der Waals surface area contributed by atoms with Crippen molar-refractivity contribution in [3.63, 3.8) is 0 Å². The minimum atomic E-state index is -0.680. The summed E-state index contributed by atoms with van der Waals surface area (Å²) in [6, 6.07) is 6.30. The van der Waals surface area contributed by atoms with Gasteiger partial charge in [0, 0.05) is 0 Å². The van der Waals surface area contributed by atoms with Gasteiger partial charge in [0.2, 0.25) is 0 Å². The number of carbonyl (C=O) groups is 1. The third-order valence-electron chi connectivity index (χ3n) is 3.74. The van der Waals surface area contributed by atoms with Crippen LogP contribution in [-0.4, -0.2) is 11.1 Å². The highest BCUT2D eigenvalue weighted by Crippen LogP contribution is 2.38. The van der Waals surface area contributed by atoms with Crippen LogP contribution in [0.25, 0.3) is 0 Å². The van der Waals surface area contributed by atoms with E-state index < -0.39 is 5.97 Å². The molecule has 2 nitrogen and oxygen atoms in total. The molecule has 0 saturated heterocycles. The molecule has 0 fully saturated rings. The quantitative estimate of drug-likeness (QED) is 0.828. The van der Waals surface area contributed by atoms with E-state index in [0.717, 1.165) is 19.3 Å². The van der Waals surface area contributed by atoms with Gasteiger partial charge in [-0.25, -0.2) is 0 Å². The van der Waals surface area contributed by atoms with Gasteiger partial charge in [-0.15, -0.1) is 0 Å². The lowest BCUT2D eigenvalue weighted by atomic mass is 9.74. The second kappa shape index (κ2) is 4.28. The molecular formula is C14H18O2. The standard InChI is InChI=1S/C14H18O2/c1-9-5-3-6-11-7-4-8-12(13(9)11)10(2)14(15)16/h3,5-6,10,12H,4,7-8H2,1-2H3,(H,15,16). The van der Waals surface area contributed by atoms with Gasteiger partial charge in [-0.2, -0.15) is 0 Å². The van der Waals surface area contributed by atoms with Gasteiger partial charge >= 0.3 is 5.97 Å². The van der Waals surface area contributed by atoms with E-state index in [1.165, 1.54) is 16.7 Å². The van der Waals surface area contributed by atoms with Crippen molar-refractivity contribution >= 4 is 5.97 Å². The zero-order valence-corrected chi connectivity index (χ0v) is 9.86. The molecule has 1 aliphatic rings. The van der Waals surface area contributed by atoms with Gasteiger partial charge in [0.05, 0.1) is 5.92 Å². The fraction of sp³-hybridized carbons (Fsp3) is 0.500. The Morgan fingerprint density at radius 1 is 1.50 bits per heavy atom. The molecule has 1 aliphatic carbocycles. The SMILES string of the molecule is Cc1cccc2c1C(C(C)C(=O)O)CCC2. The van der Waals surface area contributed by atoms with Crippen molar-refractivity contribution in [1.82, 2.24) is 0 Å². The molecule has 0 aliphatic heterocycles. The molecule has 2 heteroatoms. The fourth-order valence-electron chi connectivity index (χ4n) is 2.82. The number of aryl methyl sites for hydroxylation is 2. The average Bonchev–Trinajstić information content (AvgIpc) is 2.27. The lowest BCUT2D eigenvalue weighted by molar-refractivity contribution is -0.142. The van der Waals surface area contributed by atoms with E-state index in [-0.39, 0.29) is 11.8 Å². The van der Waals surface area contributed by atoms with E-state index >= 15 is 0 Å². The van der Waals surface area contributed by atoms with E-state index in [4.69, 9.17) is 5.11 Å². The highest BCUT2D eigenvalue weighted by Gasteiger charge is 2.30. The summed E-state index contributed by atoms with van der Waals surface area (Å²) in [6.07, 6.45) is 3.21. The van der Waals surface area contributed by atoms with Crippen LogP contribution in [0.3, 0.4) is 0 Å². The van der Waals surface area contributed by atoms with E-state index in [9.17, 15) is 4.79 Å². The van der Waals surface area contributed by atoms with Crippen LogP contribution < -0.4 is 0 Å². The third kappa shape index (κ3) is 1.84. The monoisotopic (exact) mass is 218 g/mol. The first-order valence-electron chi connectivity index (χ1n) is 5.92. The molecule has 0 aromatic heterocycles. The molecule has 1 N–H and O–H groups in total. The normalized spacial score (nSPS) is 21.2. The first kappa shape index (κ1) is 11.2. The van der Waals surface area contributed by atoms with Crippen LogP contribution in [0.1, 0.15) is 42.4 Å². The lowest BCUT2D eigenvalue weighted by Crippen LogP contribution is -2.23. The molecule has 2 atom stereocenters. The van der Waals surface area contributed by atoms with E-state index in [2.05, 4.69) is 25.1 Å². The zero-order valence-electron chi connectivity index (χ0n) is 9.86. The maximum Gasteiger partial charge on any atom is 0.306 e. The summed E-state index contributed by atoms with van der Waals surface area (Å²) >= 11 is 0. The zero-order chi connectivity index (χ0) is 11.7. The van der Waals surface area contributed by atoms with Gasteiger partial charge in [-0.05, 0) is 48.8 Å². The molecule has 1 aromatic carbocycles. The van der Waals surface area contributed by atoms with Crippen molar-refractivity contribution in [1.29, 1.82) is 0 Å². The smallest absolute Gasteiger partial charge is 0.306 e. The van der Waals surface area contributed by atoms with Crippen LogP contribution >= 0.6 is 0 Å². The summed E-state index contributed by atoms with van der Waals surface area (Å²) in [6.45, 7) is 3.92. The number of benzene rings is 1. The third-order valence-corrected chi connectivity index (χ3v) is 3.74. The van der Waals surface area contributed by atoms with Crippen LogP contribution in [0.5, 0.6) is 0 Å². The predicted octanol–water partition coefficient (Wildman–Crippen LogP) is 3.14. The Bertz CT molecular complexity index is 409. The Morgan fingerprint density at radius 3 is 2.94 bits per heavy atom. The van der Waals surface area contributed by atoms with Crippen molar-refractivity contribution in [3.05, 3.63) is 34.9 Å². The molecule has 0 radical (unpaired) electrons. The maximum absolute atomic E-state index is 11.1. The number of rotatable bonds is 2. The Hall–Kier alpha value is -1.31. The van der Waals surface area contributed by atoms with Gasteiger partial charge in [0.15, 0.2) is 0 Å². The predicted molar refractivity (Wildman–Crippen MR) is 63.7 cm³/mol. The highest BCUT2D eigenvalue weighted by molar-refractivity contribution is 5.71. The second-order valence-corrected chi connectivity index (χ2v) is 4.77. The molecule has 0 bridgehead atoms. The molecular weight excluding hydrogens is 200 g/mol. The Kier molecular flexibility index (Phi) is 2.99. The van der Waals surface area contributed by atoms with Gasteiger partial charge < -0.3 is 5.11 Å². The number of aliphatic carboxylic acids is 1. The molecule has 2 unspecified atom stereocenters. The number of carboxylic acid groups (broad SMARTS) is 1. The van der Waals surface area contributed by atoms with E-state index in [1.54, 1.807) is 0 Å². The van der Waals surface area contributed by atoms with Crippen molar-refractivity contribution in [2.45, 2.75) is 39.0 Å². The topological polar surface area (TPSA) is 37.3 Å². The number of carboxylic acids is 1. The van der Waals surface area contributed by atoms with Crippen LogP contribution in [0.2, 0.25) is 0 Å². The van der Waals surface area contributed by atoms with Crippen LogP contribution in [-0.2, 0) is 11.2 Å². The summed E-state index contributed by atoms with van der Waals surface area (Å²) < 4.78 is 0. The molecule has 86 valence electrons. The number of hydrogen-bond donors (Lipinski definition) is 1. The van der Waals surface area contributed by atoms with Crippen molar-refractivity contribution < 1.29 is 9.90 Å². The average molecular weight is 218 g/mol. The van der Waals surface area contributed by atoms with E-state index in [0.29, 0.717) is 0 Å². The van der Waals surface area contributed by atoms with Crippen LogP contribution in [0, 0.1) is 12.8 Å². The Morgan fingerprint density at radius 2 is 2.25 bits per heavy atom. The Labute approximate surface area is 96.3 Å². The summed E-state index contributed by atoms with van der Waals surface area (Å²) in [5.74, 6) is -0.760. The summed E-state index contributed by atoms with van der Waals surface area (Å²) in [5, 5.41) is 9.15. The van der Waals surface area contributed by atoms with Gasteiger partial charge in [-0.1, -0.05) is 25.1 Å². The number of fused-ring (bicyclic) bond motifs is 1. The Balaban J connectivity index is 2.43. The molecule has 2 rings (SSSR count). The second-order valence-electron chi connectivity index (χ2n) is 4.77. The molecule has 0 heterocycles. The minimum absolute atomic E-state index is 0.197. The van der Waals surface area contributed by atoms with Crippen molar-refractivity contribution in [2.75, 3.05) is 0 Å². The maximum atomic E-state index is 11.1. The van der Waals surface area contributed by atoms with Crippen LogP contribution in [0.15, 0.2) is 18.2 Å². The lowest BCUT2D eigenvalue weighted by Gasteiger charge is -2.29. The summed E-state index contributed by atoms with van der Waals surface area (Å²) in [7, 11) is 0.